The van der Waals surface area contributed by atoms with E-state index < -0.39 is 0 Å². The highest BCUT2D eigenvalue weighted by Crippen LogP contribution is 2.48. The highest BCUT2D eigenvalue weighted by molar-refractivity contribution is 6.02. The Balaban J connectivity index is 2.05. The number of fused-ring (bicyclic) bond motifs is 1. The van der Waals surface area contributed by atoms with E-state index in [0.29, 0.717) is 5.78 Å². The largest absolute Gasteiger partial charge is 0.466 e. The zero-order valence-electron chi connectivity index (χ0n) is 9.14. The molecule has 0 radical (unpaired) electrons. The van der Waals surface area contributed by atoms with Crippen LogP contribution in [0.3, 0.4) is 0 Å². The molecule has 15 heavy (non-hydrogen) atoms. The molecule has 0 aliphatic heterocycles. The third kappa shape index (κ3) is 1.20. The highest BCUT2D eigenvalue weighted by Gasteiger charge is 2.45. The molecule has 1 spiro atoms. The Morgan fingerprint density at radius 2 is 2.00 bits per heavy atom. The third-order valence-electron chi connectivity index (χ3n) is 4.05. The summed E-state index contributed by atoms with van der Waals surface area (Å²) in [7, 11) is 0. The summed E-state index contributed by atoms with van der Waals surface area (Å²) in [6.45, 7) is 1.92. The zero-order valence-corrected chi connectivity index (χ0v) is 9.14. The quantitative estimate of drug-likeness (QED) is 0.649. The molecule has 1 saturated carbocycles. The molecule has 0 N–H and O–H groups in total. The van der Waals surface area contributed by atoms with Gasteiger partial charge in [0.05, 0.1) is 5.56 Å². The molecule has 2 aliphatic rings. The van der Waals surface area contributed by atoms with Gasteiger partial charge in [-0.25, -0.2) is 0 Å². The molecule has 0 saturated heterocycles. The maximum Gasteiger partial charge on any atom is 0.172 e. The van der Waals surface area contributed by atoms with Gasteiger partial charge < -0.3 is 4.42 Å². The summed E-state index contributed by atoms with van der Waals surface area (Å²) in [6.07, 6.45) is 6.58. The van der Waals surface area contributed by atoms with Crippen molar-refractivity contribution in [3.05, 3.63) is 23.2 Å². The first-order chi connectivity index (χ1) is 7.21. The average Bonchev–Trinajstić information content (AvgIpc) is 2.80. The minimum absolute atomic E-state index is 0.0106. The van der Waals surface area contributed by atoms with Gasteiger partial charge in [0.15, 0.2) is 5.78 Å². The van der Waals surface area contributed by atoms with Gasteiger partial charge in [0.2, 0.25) is 0 Å². The summed E-state index contributed by atoms with van der Waals surface area (Å²) in [5.41, 5.74) is 0.865. The lowest BCUT2D eigenvalue weighted by atomic mass is 9.71. The molecule has 2 aliphatic carbocycles. The van der Waals surface area contributed by atoms with Crippen molar-refractivity contribution in [3.63, 3.8) is 0 Å². The van der Waals surface area contributed by atoms with E-state index in [1.54, 1.807) is 0 Å². The van der Waals surface area contributed by atoms with Crippen LogP contribution in [0.1, 0.15) is 54.0 Å². The van der Waals surface area contributed by atoms with Crippen LogP contribution >= 0.6 is 0 Å². The number of furan rings is 1. The smallest absolute Gasteiger partial charge is 0.172 e. The molecule has 0 aromatic carbocycles. The minimum atomic E-state index is -0.0106. The van der Waals surface area contributed by atoms with Crippen LogP contribution in [-0.2, 0) is 6.42 Å². The van der Waals surface area contributed by atoms with Gasteiger partial charge >= 0.3 is 0 Å². The van der Waals surface area contributed by atoms with Gasteiger partial charge in [-0.3, -0.25) is 4.79 Å². The molecule has 80 valence electrons. The SMILES string of the molecule is Cc1cc2c(o1)CCC1(CCCC1)C2=O. The van der Waals surface area contributed by atoms with E-state index in [0.717, 1.165) is 42.8 Å². The number of hydrogen-bond acceptors (Lipinski definition) is 2. The maximum atomic E-state index is 12.4. The van der Waals surface area contributed by atoms with Crippen LogP contribution in [-0.4, -0.2) is 5.78 Å². The predicted octanol–water partition coefficient (Wildman–Crippen LogP) is 3.28. The predicted molar refractivity (Wildman–Crippen MR) is 57.0 cm³/mol. The summed E-state index contributed by atoms with van der Waals surface area (Å²) in [6, 6.07) is 1.93. The Morgan fingerprint density at radius 3 is 2.73 bits per heavy atom. The van der Waals surface area contributed by atoms with E-state index >= 15 is 0 Å². The summed E-state index contributed by atoms with van der Waals surface area (Å²) in [5, 5.41) is 0. The highest BCUT2D eigenvalue weighted by atomic mass is 16.3. The first kappa shape index (κ1) is 9.20. The van der Waals surface area contributed by atoms with Gasteiger partial charge in [-0.1, -0.05) is 12.8 Å². The molecule has 2 heteroatoms. The first-order valence-electron chi connectivity index (χ1n) is 5.85. The first-order valence-corrected chi connectivity index (χ1v) is 5.85. The molecule has 0 unspecified atom stereocenters. The standard InChI is InChI=1S/C13H16O2/c1-9-8-10-11(15-9)4-7-13(12(10)14)5-2-3-6-13/h8H,2-7H2,1H3. The molecule has 0 amide bonds. The Bertz CT molecular complexity index is 408. The number of carbonyl (C=O) groups is 1. The Morgan fingerprint density at radius 1 is 1.27 bits per heavy atom. The van der Waals surface area contributed by atoms with Crippen LogP contribution in [0.25, 0.3) is 0 Å². The monoisotopic (exact) mass is 204 g/mol. The van der Waals surface area contributed by atoms with E-state index in [-0.39, 0.29) is 5.41 Å². The molecule has 2 nitrogen and oxygen atoms in total. The fraction of sp³-hybridized carbons (Fsp3) is 0.615. The van der Waals surface area contributed by atoms with E-state index in [9.17, 15) is 4.79 Å². The molecule has 1 aromatic heterocycles. The fourth-order valence-corrected chi connectivity index (χ4v) is 3.22. The van der Waals surface area contributed by atoms with Gasteiger partial charge in [-0.2, -0.15) is 0 Å². The summed E-state index contributed by atoms with van der Waals surface area (Å²) in [4.78, 5) is 12.4. The number of Topliss-reactive ketones (excluding diaryl/α,β-unsaturated/α-hetero) is 1. The number of carbonyl (C=O) groups excluding carboxylic acids is 1. The number of rotatable bonds is 0. The second kappa shape index (κ2) is 2.97. The molecule has 0 atom stereocenters. The van der Waals surface area contributed by atoms with Crippen molar-refractivity contribution in [2.24, 2.45) is 5.41 Å². The molecular formula is C13H16O2. The van der Waals surface area contributed by atoms with Crippen molar-refractivity contribution in [1.82, 2.24) is 0 Å². The van der Waals surface area contributed by atoms with Crippen LogP contribution in [0, 0.1) is 12.3 Å². The fourth-order valence-electron chi connectivity index (χ4n) is 3.22. The topological polar surface area (TPSA) is 30.2 Å². The maximum absolute atomic E-state index is 12.4. The molecular weight excluding hydrogens is 188 g/mol. The van der Waals surface area contributed by atoms with Crippen LogP contribution in [0.15, 0.2) is 10.5 Å². The van der Waals surface area contributed by atoms with Crippen LogP contribution in [0.4, 0.5) is 0 Å². The lowest BCUT2D eigenvalue weighted by Gasteiger charge is -2.30. The third-order valence-corrected chi connectivity index (χ3v) is 4.05. The Labute approximate surface area is 89.7 Å². The zero-order chi connectivity index (χ0) is 10.5. The van der Waals surface area contributed by atoms with Crippen molar-refractivity contribution in [2.45, 2.75) is 45.4 Å². The summed E-state index contributed by atoms with van der Waals surface area (Å²) < 4.78 is 5.56. The average molecular weight is 204 g/mol. The number of ketones is 1. The van der Waals surface area contributed by atoms with Crippen molar-refractivity contribution in [2.75, 3.05) is 0 Å². The van der Waals surface area contributed by atoms with Gasteiger partial charge in [0.1, 0.15) is 11.5 Å². The van der Waals surface area contributed by atoms with Crippen molar-refractivity contribution < 1.29 is 9.21 Å². The van der Waals surface area contributed by atoms with Crippen molar-refractivity contribution >= 4 is 5.78 Å². The lowest BCUT2D eigenvalue weighted by Crippen LogP contribution is -2.32. The van der Waals surface area contributed by atoms with E-state index in [1.807, 2.05) is 13.0 Å². The number of hydrogen-bond donors (Lipinski definition) is 0. The van der Waals surface area contributed by atoms with Gasteiger partial charge in [0.25, 0.3) is 0 Å². The normalized spacial score (nSPS) is 23.4. The van der Waals surface area contributed by atoms with Crippen LogP contribution < -0.4 is 0 Å². The van der Waals surface area contributed by atoms with E-state index in [1.165, 1.54) is 12.8 Å². The second-order valence-electron chi connectivity index (χ2n) is 5.01. The Kier molecular flexibility index (Phi) is 1.82. The molecule has 1 fully saturated rings. The molecule has 1 aromatic rings. The van der Waals surface area contributed by atoms with E-state index in [2.05, 4.69) is 0 Å². The van der Waals surface area contributed by atoms with Crippen LogP contribution in [0.2, 0.25) is 0 Å². The Hall–Kier alpha value is -1.05. The number of aryl methyl sites for hydroxylation is 2. The summed E-state index contributed by atoms with van der Waals surface area (Å²) >= 11 is 0. The van der Waals surface area contributed by atoms with Gasteiger partial charge in [-0.15, -0.1) is 0 Å². The van der Waals surface area contributed by atoms with Crippen molar-refractivity contribution in [3.8, 4) is 0 Å². The minimum Gasteiger partial charge on any atom is -0.466 e. The van der Waals surface area contributed by atoms with Gasteiger partial charge in [-0.05, 0) is 32.3 Å². The molecule has 0 bridgehead atoms. The van der Waals surface area contributed by atoms with Crippen LogP contribution in [0.5, 0.6) is 0 Å². The van der Waals surface area contributed by atoms with E-state index in [4.69, 9.17) is 4.42 Å². The molecule has 3 rings (SSSR count). The second-order valence-corrected chi connectivity index (χ2v) is 5.01. The van der Waals surface area contributed by atoms with Crippen molar-refractivity contribution in [1.29, 1.82) is 0 Å². The molecule has 1 heterocycles. The summed E-state index contributed by atoms with van der Waals surface area (Å²) in [5.74, 6) is 2.16. The lowest BCUT2D eigenvalue weighted by molar-refractivity contribution is 0.0758. The van der Waals surface area contributed by atoms with Gasteiger partial charge in [0, 0.05) is 11.8 Å².